The molecular weight excluding hydrogens is 602 g/mol. The molecule has 2 aliphatic heterocycles. The topological polar surface area (TPSA) is 126 Å². The molecule has 2 atom stereocenters. The number of fused-ring (bicyclic) bond motifs is 6. The third-order valence-electron chi connectivity index (χ3n) is 8.32. The van der Waals surface area contributed by atoms with Gasteiger partial charge in [0.25, 0.3) is 0 Å². The smallest absolute Gasteiger partial charge is 0.349 e. The van der Waals surface area contributed by atoms with Gasteiger partial charge in [0.2, 0.25) is 11.8 Å². The molecule has 230 valence electrons. The van der Waals surface area contributed by atoms with Crippen LogP contribution in [-0.4, -0.2) is 72.1 Å². The number of carbonyl (C=O) groups excluding carboxylic acids is 2. The minimum Gasteiger partial charge on any atom is -0.349 e. The van der Waals surface area contributed by atoms with Crippen molar-refractivity contribution in [1.82, 2.24) is 29.4 Å². The standard InChI is InChI=1S/C31H28F2N8O3S/c1-4-23(43)39-9-10-40(21-13-20(21)39)28-16-12-18(33)26-24-17(32)6-5-7-19(24)36-22(42)8-11-45-30-27(25(15(2)3)34-14-35-30)41(29(16)37-26)31(44)38-28/h4-7,12,14-15,20-21H,1,8-11,13H2,2-3H3,(H,36,42)/t20?,21-/m1/s1. The minimum atomic E-state index is -0.859. The van der Waals surface area contributed by atoms with Gasteiger partial charge in [-0.2, -0.15) is 4.98 Å². The first-order valence-electron chi connectivity index (χ1n) is 14.6. The SMILES string of the molecule is C=CC(=O)N1CCN(c2nc(=O)n3c4nc(c(F)cc24)-c2c(F)cccc2NC(=O)CCSc2ncnc(C(C)C)c2-3)[C@@H]2CC21. The summed E-state index contributed by atoms with van der Waals surface area (Å²) in [5, 5.41) is 3.36. The Kier molecular flexibility index (Phi) is 7.10. The normalized spacial score (nSPS) is 19.2. The van der Waals surface area contributed by atoms with E-state index in [4.69, 9.17) is 0 Å². The van der Waals surface area contributed by atoms with E-state index in [1.165, 1.54) is 46.9 Å². The molecule has 1 aliphatic carbocycles. The first kappa shape index (κ1) is 29.0. The number of piperazine rings is 1. The summed E-state index contributed by atoms with van der Waals surface area (Å²) < 4.78 is 33.0. The lowest BCUT2D eigenvalue weighted by Gasteiger charge is -2.35. The van der Waals surface area contributed by atoms with Crippen LogP contribution >= 0.6 is 11.8 Å². The molecule has 2 amide bonds. The van der Waals surface area contributed by atoms with Crippen molar-refractivity contribution in [2.75, 3.05) is 29.1 Å². The van der Waals surface area contributed by atoms with Crippen LogP contribution < -0.4 is 15.9 Å². The van der Waals surface area contributed by atoms with E-state index in [1.54, 1.807) is 4.90 Å². The largest absolute Gasteiger partial charge is 0.355 e. The fraction of sp³-hybridized carbons (Fsp3) is 0.323. The molecule has 2 bridgehead atoms. The lowest BCUT2D eigenvalue weighted by Crippen LogP contribution is -2.49. The van der Waals surface area contributed by atoms with Crippen LogP contribution in [0.4, 0.5) is 20.3 Å². The minimum absolute atomic E-state index is 0.0406. The molecule has 0 spiro atoms. The number of thioether (sulfide) groups is 1. The molecular formula is C31H28F2N8O3S. The molecule has 1 unspecified atom stereocenters. The third-order valence-corrected chi connectivity index (χ3v) is 9.30. The molecule has 3 aromatic heterocycles. The van der Waals surface area contributed by atoms with Gasteiger partial charge in [0.05, 0.1) is 34.4 Å². The highest BCUT2D eigenvalue weighted by molar-refractivity contribution is 7.99. The summed E-state index contributed by atoms with van der Waals surface area (Å²) in [6.45, 7) is 8.15. The van der Waals surface area contributed by atoms with Crippen molar-refractivity contribution < 1.29 is 18.4 Å². The summed E-state index contributed by atoms with van der Waals surface area (Å²) in [7, 11) is 0. The molecule has 14 heteroatoms. The fourth-order valence-electron chi connectivity index (χ4n) is 6.18. The summed E-state index contributed by atoms with van der Waals surface area (Å²) in [6.07, 6.45) is 3.37. The summed E-state index contributed by atoms with van der Waals surface area (Å²) in [5.74, 6) is -1.87. The van der Waals surface area contributed by atoms with Crippen LogP contribution in [0.5, 0.6) is 0 Å². The molecule has 1 aromatic carbocycles. The van der Waals surface area contributed by atoms with Crippen LogP contribution in [0, 0.1) is 11.6 Å². The van der Waals surface area contributed by atoms with Crippen LogP contribution in [0.3, 0.4) is 0 Å². The third kappa shape index (κ3) is 4.83. The number of hydrogen-bond acceptors (Lipinski definition) is 9. The molecule has 0 radical (unpaired) electrons. The molecule has 1 N–H and O–H groups in total. The number of hydrogen-bond donors (Lipinski definition) is 1. The zero-order chi connectivity index (χ0) is 31.6. The summed E-state index contributed by atoms with van der Waals surface area (Å²) in [4.78, 5) is 61.2. The molecule has 4 aromatic rings. The molecule has 45 heavy (non-hydrogen) atoms. The maximum absolute atomic E-state index is 16.2. The van der Waals surface area contributed by atoms with E-state index in [0.29, 0.717) is 35.9 Å². The number of nitrogens with one attached hydrogen (secondary N) is 1. The summed E-state index contributed by atoms with van der Waals surface area (Å²) >= 11 is 1.26. The molecule has 5 heterocycles. The maximum Gasteiger partial charge on any atom is 0.355 e. The van der Waals surface area contributed by atoms with Crippen molar-refractivity contribution in [2.45, 2.75) is 49.7 Å². The highest BCUT2D eigenvalue weighted by Crippen LogP contribution is 2.42. The molecule has 7 rings (SSSR count). The van der Waals surface area contributed by atoms with Crippen molar-refractivity contribution in [3.8, 4) is 16.9 Å². The molecule has 2 fully saturated rings. The molecule has 11 nitrogen and oxygen atoms in total. The molecule has 3 aliphatic rings. The van der Waals surface area contributed by atoms with Crippen molar-refractivity contribution in [3.05, 3.63) is 71.1 Å². The average Bonchev–Trinajstić information content (AvgIpc) is 3.81. The number of nitrogens with zero attached hydrogens (tertiary/aromatic N) is 7. The average molecular weight is 631 g/mol. The Morgan fingerprint density at radius 3 is 2.73 bits per heavy atom. The van der Waals surface area contributed by atoms with Crippen LogP contribution in [0.15, 0.2) is 53.1 Å². The van der Waals surface area contributed by atoms with E-state index in [2.05, 4.69) is 31.8 Å². The predicted molar refractivity (Wildman–Crippen MR) is 166 cm³/mol. The first-order chi connectivity index (χ1) is 21.7. The van der Waals surface area contributed by atoms with Gasteiger partial charge in [-0.15, -0.1) is 11.8 Å². The number of pyridine rings is 1. The van der Waals surface area contributed by atoms with E-state index >= 15 is 8.78 Å². The van der Waals surface area contributed by atoms with E-state index in [1.807, 2.05) is 18.7 Å². The van der Waals surface area contributed by atoms with Gasteiger partial charge in [0.1, 0.15) is 34.4 Å². The lowest BCUT2D eigenvalue weighted by atomic mass is 10.1. The van der Waals surface area contributed by atoms with Gasteiger partial charge in [0.15, 0.2) is 11.5 Å². The number of rotatable bonds is 3. The Morgan fingerprint density at radius 2 is 1.96 bits per heavy atom. The van der Waals surface area contributed by atoms with E-state index < -0.39 is 23.2 Å². The number of amides is 2. The second-order valence-corrected chi connectivity index (χ2v) is 12.5. The van der Waals surface area contributed by atoms with Crippen molar-refractivity contribution in [3.63, 3.8) is 0 Å². The predicted octanol–water partition coefficient (Wildman–Crippen LogP) is 4.05. The second kappa shape index (κ2) is 11.0. The van der Waals surface area contributed by atoms with Crippen LogP contribution in [0.1, 0.15) is 38.3 Å². The van der Waals surface area contributed by atoms with Crippen LogP contribution in [-0.2, 0) is 9.59 Å². The van der Waals surface area contributed by atoms with Crippen molar-refractivity contribution in [2.24, 2.45) is 0 Å². The van der Waals surface area contributed by atoms with E-state index in [0.717, 1.165) is 6.07 Å². The Labute approximate surface area is 260 Å². The van der Waals surface area contributed by atoms with Crippen molar-refractivity contribution in [1.29, 1.82) is 0 Å². The van der Waals surface area contributed by atoms with Gasteiger partial charge in [0, 0.05) is 25.3 Å². The van der Waals surface area contributed by atoms with E-state index in [-0.39, 0.29) is 69.9 Å². The van der Waals surface area contributed by atoms with Gasteiger partial charge in [-0.1, -0.05) is 26.5 Å². The van der Waals surface area contributed by atoms with E-state index in [9.17, 15) is 14.4 Å². The zero-order valence-corrected chi connectivity index (χ0v) is 25.3. The first-order valence-corrected chi connectivity index (χ1v) is 15.6. The monoisotopic (exact) mass is 630 g/mol. The van der Waals surface area contributed by atoms with Gasteiger partial charge < -0.3 is 15.1 Å². The Bertz CT molecular complexity index is 1980. The highest BCUT2D eigenvalue weighted by Gasteiger charge is 2.51. The number of anilines is 2. The summed E-state index contributed by atoms with van der Waals surface area (Å²) in [5.41, 5.74) is -0.340. The van der Waals surface area contributed by atoms with Gasteiger partial charge in [-0.25, -0.2) is 33.1 Å². The van der Waals surface area contributed by atoms with Gasteiger partial charge >= 0.3 is 5.69 Å². The summed E-state index contributed by atoms with van der Waals surface area (Å²) in [6, 6.07) is 5.04. The molecule has 1 saturated carbocycles. The highest BCUT2D eigenvalue weighted by atomic mass is 32.2. The Balaban J connectivity index is 1.54. The fourth-order valence-corrected chi connectivity index (χ4v) is 7.11. The maximum atomic E-state index is 16.2. The number of aromatic nitrogens is 5. The number of carbonyl (C=O) groups is 2. The Morgan fingerprint density at radius 1 is 1.13 bits per heavy atom. The zero-order valence-electron chi connectivity index (χ0n) is 24.5. The quantitative estimate of drug-likeness (QED) is 0.264. The van der Waals surface area contributed by atoms with Crippen LogP contribution in [0.25, 0.3) is 28.0 Å². The van der Waals surface area contributed by atoms with Gasteiger partial charge in [-0.3, -0.25) is 9.59 Å². The Hall–Kier alpha value is -4.72. The van der Waals surface area contributed by atoms with Crippen molar-refractivity contribution >= 4 is 46.1 Å². The number of halogens is 2. The lowest BCUT2D eigenvalue weighted by molar-refractivity contribution is -0.127. The second-order valence-electron chi connectivity index (χ2n) is 11.4. The van der Waals surface area contributed by atoms with Gasteiger partial charge in [-0.05, 0) is 36.6 Å². The number of benzene rings is 1. The molecule has 1 saturated heterocycles. The van der Waals surface area contributed by atoms with Crippen LogP contribution in [0.2, 0.25) is 0 Å².